The van der Waals surface area contributed by atoms with Crippen molar-refractivity contribution in [2.45, 2.75) is 51.4 Å². The molecule has 0 fully saturated rings. The third-order valence-corrected chi connectivity index (χ3v) is 5.96. The molecule has 120 valence electrons. The Labute approximate surface area is 138 Å². The number of nitrogens with zero attached hydrogens (tertiary/aromatic N) is 1. The summed E-state index contributed by atoms with van der Waals surface area (Å²) in [5.41, 5.74) is 1.42. The lowest BCUT2D eigenvalue weighted by molar-refractivity contribution is 0.318. The molecule has 0 amide bonds. The van der Waals surface area contributed by atoms with Crippen molar-refractivity contribution in [3.8, 4) is 0 Å². The molecule has 0 N–H and O–H groups in total. The molecule has 0 unspecified atom stereocenters. The standard InChI is InChI=1S/C15H23Cl2NO2S/c1-10(2)9-18(11(3)4)21(19,20)15-7-14(17)6-13(8-16)12(15)5/h6-7,10-11H,8-9H2,1-5H3. The Kier molecular flexibility index (Phi) is 6.54. The van der Waals surface area contributed by atoms with E-state index in [1.807, 2.05) is 27.7 Å². The zero-order chi connectivity index (χ0) is 16.4. The number of hydrogen-bond acceptors (Lipinski definition) is 2. The third-order valence-electron chi connectivity index (χ3n) is 3.28. The Hall–Kier alpha value is -0.290. The van der Waals surface area contributed by atoms with Crippen molar-refractivity contribution in [3.05, 3.63) is 28.3 Å². The summed E-state index contributed by atoms with van der Waals surface area (Å²) in [6, 6.07) is 3.11. The molecule has 0 bridgehead atoms. The number of benzene rings is 1. The van der Waals surface area contributed by atoms with E-state index in [1.165, 1.54) is 10.4 Å². The van der Waals surface area contributed by atoms with Gasteiger partial charge >= 0.3 is 0 Å². The van der Waals surface area contributed by atoms with Crippen LogP contribution in [0, 0.1) is 12.8 Å². The van der Waals surface area contributed by atoms with Gasteiger partial charge in [0.25, 0.3) is 0 Å². The number of halogens is 2. The van der Waals surface area contributed by atoms with Gasteiger partial charge in [0.1, 0.15) is 0 Å². The van der Waals surface area contributed by atoms with Gasteiger partial charge in [0.15, 0.2) is 0 Å². The molecule has 1 aromatic carbocycles. The fourth-order valence-corrected chi connectivity index (χ4v) is 4.87. The monoisotopic (exact) mass is 351 g/mol. The molecular formula is C15H23Cl2NO2S. The van der Waals surface area contributed by atoms with Gasteiger partial charge in [0.2, 0.25) is 10.0 Å². The molecular weight excluding hydrogens is 329 g/mol. The van der Waals surface area contributed by atoms with E-state index in [-0.39, 0.29) is 22.7 Å². The maximum atomic E-state index is 13.0. The van der Waals surface area contributed by atoms with Crippen LogP contribution in [0.15, 0.2) is 17.0 Å². The summed E-state index contributed by atoms with van der Waals surface area (Å²) in [6.07, 6.45) is 0. The molecule has 1 rings (SSSR count). The van der Waals surface area contributed by atoms with Crippen molar-refractivity contribution >= 4 is 33.2 Å². The molecule has 0 aromatic heterocycles. The van der Waals surface area contributed by atoms with Gasteiger partial charge in [-0.1, -0.05) is 25.4 Å². The predicted molar refractivity (Wildman–Crippen MR) is 89.6 cm³/mol. The van der Waals surface area contributed by atoms with Crippen molar-refractivity contribution in [2.75, 3.05) is 6.54 Å². The van der Waals surface area contributed by atoms with E-state index in [2.05, 4.69) is 0 Å². The first-order valence-electron chi connectivity index (χ1n) is 6.98. The largest absolute Gasteiger partial charge is 0.243 e. The molecule has 0 heterocycles. The Morgan fingerprint density at radius 3 is 2.19 bits per heavy atom. The van der Waals surface area contributed by atoms with E-state index >= 15 is 0 Å². The Morgan fingerprint density at radius 1 is 1.19 bits per heavy atom. The minimum Gasteiger partial charge on any atom is -0.207 e. The molecule has 6 heteroatoms. The summed E-state index contributed by atoms with van der Waals surface area (Å²) in [5, 5.41) is 0.392. The van der Waals surface area contributed by atoms with Crippen molar-refractivity contribution in [1.29, 1.82) is 0 Å². The van der Waals surface area contributed by atoms with Crippen LogP contribution in [0.5, 0.6) is 0 Å². The predicted octanol–water partition coefficient (Wildman–Crippen LogP) is 4.44. The van der Waals surface area contributed by atoms with Crippen LogP contribution in [0.4, 0.5) is 0 Å². The van der Waals surface area contributed by atoms with Gasteiger partial charge in [0, 0.05) is 23.5 Å². The van der Waals surface area contributed by atoms with Crippen LogP contribution in [0.3, 0.4) is 0 Å². The quantitative estimate of drug-likeness (QED) is 0.710. The average molecular weight is 352 g/mol. The number of rotatable bonds is 6. The molecule has 0 atom stereocenters. The van der Waals surface area contributed by atoms with E-state index in [4.69, 9.17) is 23.2 Å². The van der Waals surface area contributed by atoms with Crippen molar-refractivity contribution in [1.82, 2.24) is 4.31 Å². The van der Waals surface area contributed by atoms with Gasteiger partial charge in [-0.2, -0.15) is 4.31 Å². The molecule has 1 aromatic rings. The smallest absolute Gasteiger partial charge is 0.207 e. The van der Waals surface area contributed by atoms with Crippen LogP contribution < -0.4 is 0 Å². The first-order chi connectivity index (χ1) is 9.61. The molecule has 0 aliphatic heterocycles. The SMILES string of the molecule is Cc1c(CCl)cc(Cl)cc1S(=O)(=O)N(CC(C)C)C(C)C. The Morgan fingerprint density at radius 2 is 1.76 bits per heavy atom. The number of sulfonamides is 1. The van der Waals surface area contributed by atoms with Crippen LogP contribution in [0.25, 0.3) is 0 Å². The second-order valence-electron chi connectivity index (χ2n) is 5.88. The average Bonchev–Trinajstić information content (AvgIpc) is 2.37. The number of hydrogen-bond donors (Lipinski definition) is 0. The van der Waals surface area contributed by atoms with Crippen LogP contribution in [0.2, 0.25) is 5.02 Å². The van der Waals surface area contributed by atoms with E-state index in [1.54, 1.807) is 13.0 Å². The summed E-state index contributed by atoms with van der Waals surface area (Å²) in [7, 11) is -3.59. The fraction of sp³-hybridized carbons (Fsp3) is 0.600. The first kappa shape index (κ1) is 18.8. The maximum Gasteiger partial charge on any atom is 0.243 e. The highest BCUT2D eigenvalue weighted by Crippen LogP contribution is 2.29. The molecule has 0 aliphatic carbocycles. The highest BCUT2D eigenvalue weighted by molar-refractivity contribution is 7.89. The molecule has 0 aliphatic rings. The molecule has 0 saturated carbocycles. The molecule has 3 nitrogen and oxygen atoms in total. The van der Waals surface area contributed by atoms with Gasteiger partial charge in [-0.3, -0.25) is 0 Å². The van der Waals surface area contributed by atoms with Gasteiger partial charge < -0.3 is 0 Å². The Balaban J connectivity index is 3.44. The minimum absolute atomic E-state index is 0.116. The topological polar surface area (TPSA) is 37.4 Å². The minimum atomic E-state index is -3.59. The van der Waals surface area contributed by atoms with Gasteiger partial charge in [-0.15, -0.1) is 11.6 Å². The third kappa shape index (κ3) is 4.35. The van der Waals surface area contributed by atoms with Crippen molar-refractivity contribution in [3.63, 3.8) is 0 Å². The second kappa shape index (κ2) is 7.32. The van der Waals surface area contributed by atoms with Crippen molar-refractivity contribution < 1.29 is 8.42 Å². The first-order valence-corrected chi connectivity index (χ1v) is 9.33. The van der Waals surface area contributed by atoms with E-state index < -0.39 is 10.0 Å². The summed E-state index contributed by atoms with van der Waals surface area (Å²) in [4.78, 5) is 0.250. The van der Waals surface area contributed by atoms with Gasteiger partial charge in [0.05, 0.1) is 4.90 Å². The maximum absolute atomic E-state index is 13.0. The second-order valence-corrected chi connectivity index (χ2v) is 8.45. The highest BCUT2D eigenvalue weighted by atomic mass is 35.5. The van der Waals surface area contributed by atoms with E-state index in [0.29, 0.717) is 17.1 Å². The normalized spacial score (nSPS) is 12.7. The van der Waals surface area contributed by atoms with Crippen LogP contribution in [0.1, 0.15) is 38.8 Å². The summed E-state index contributed by atoms with van der Waals surface area (Å²) in [5.74, 6) is 0.481. The zero-order valence-electron chi connectivity index (χ0n) is 13.2. The molecule has 0 saturated heterocycles. The highest BCUT2D eigenvalue weighted by Gasteiger charge is 2.29. The lowest BCUT2D eigenvalue weighted by atomic mass is 10.1. The Bertz CT molecular complexity index is 598. The van der Waals surface area contributed by atoms with Crippen molar-refractivity contribution in [2.24, 2.45) is 5.92 Å². The van der Waals surface area contributed by atoms with Crippen LogP contribution in [-0.2, 0) is 15.9 Å². The lowest BCUT2D eigenvalue weighted by Gasteiger charge is -2.28. The van der Waals surface area contributed by atoms with E-state index in [9.17, 15) is 8.42 Å². The summed E-state index contributed by atoms with van der Waals surface area (Å²) < 4.78 is 27.5. The van der Waals surface area contributed by atoms with Gasteiger partial charge in [-0.25, -0.2) is 8.42 Å². The van der Waals surface area contributed by atoms with Crippen LogP contribution in [-0.4, -0.2) is 25.3 Å². The van der Waals surface area contributed by atoms with Crippen LogP contribution >= 0.6 is 23.2 Å². The van der Waals surface area contributed by atoms with E-state index in [0.717, 1.165) is 5.56 Å². The molecule has 21 heavy (non-hydrogen) atoms. The fourth-order valence-electron chi connectivity index (χ4n) is 2.19. The number of alkyl halides is 1. The molecule has 0 radical (unpaired) electrons. The lowest BCUT2D eigenvalue weighted by Crippen LogP contribution is -2.39. The zero-order valence-corrected chi connectivity index (χ0v) is 15.5. The summed E-state index contributed by atoms with van der Waals surface area (Å²) >= 11 is 11.9. The molecule has 0 spiro atoms. The summed E-state index contributed by atoms with van der Waals surface area (Å²) in [6.45, 7) is 10.0. The van der Waals surface area contributed by atoms with Gasteiger partial charge in [-0.05, 0) is 49.9 Å².